The number of nitrogens with one attached hydrogen (secondary N) is 2. The maximum absolute atomic E-state index is 5.75. The number of aliphatic imine (C=N–C) groups is 1. The van der Waals surface area contributed by atoms with Crippen LogP contribution in [0.1, 0.15) is 17.5 Å². The van der Waals surface area contributed by atoms with Crippen molar-refractivity contribution in [2.24, 2.45) is 4.99 Å². The first kappa shape index (κ1) is 24.5. The van der Waals surface area contributed by atoms with Crippen LogP contribution in [-0.2, 0) is 13.1 Å². The van der Waals surface area contributed by atoms with Crippen molar-refractivity contribution < 1.29 is 9.47 Å². The van der Waals surface area contributed by atoms with E-state index in [-0.39, 0.29) is 24.0 Å². The van der Waals surface area contributed by atoms with Crippen molar-refractivity contribution in [3.63, 3.8) is 0 Å². The van der Waals surface area contributed by atoms with E-state index in [1.165, 1.54) is 11.1 Å². The van der Waals surface area contributed by atoms with Gasteiger partial charge in [-0.15, -0.1) is 24.0 Å². The lowest BCUT2D eigenvalue weighted by atomic mass is 10.1. The van der Waals surface area contributed by atoms with Gasteiger partial charge in [-0.3, -0.25) is 9.67 Å². The molecule has 166 valence electrons. The highest BCUT2D eigenvalue weighted by molar-refractivity contribution is 14.0. The number of halogens is 1. The van der Waals surface area contributed by atoms with Crippen LogP contribution >= 0.6 is 24.0 Å². The van der Waals surface area contributed by atoms with Crippen LogP contribution in [0.5, 0.6) is 11.5 Å². The first-order valence-corrected chi connectivity index (χ1v) is 10.0. The SMILES string of the molecule is CN=C(NCCCOc1ccc(OC)cc1)NCc1ccccc1Cn1cccn1.I. The number of guanidine groups is 1. The molecule has 2 N–H and O–H groups in total. The summed E-state index contributed by atoms with van der Waals surface area (Å²) in [6.45, 7) is 2.84. The lowest BCUT2D eigenvalue weighted by Crippen LogP contribution is -2.37. The second-order valence-corrected chi connectivity index (χ2v) is 6.70. The highest BCUT2D eigenvalue weighted by Gasteiger charge is 2.05. The van der Waals surface area contributed by atoms with Crippen LogP contribution < -0.4 is 20.1 Å². The molecule has 1 heterocycles. The molecule has 0 radical (unpaired) electrons. The van der Waals surface area contributed by atoms with Gasteiger partial charge in [0, 0.05) is 32.5 Å². The van der Waals surface area contributed by atoms with E-state index in [0.29, 0.717) is 13.2 Å². The Kier molecular flexibility index (Phi) is 10.7. The lowest BCUT2D eigenvalue weighted by Gasteiger charge is -2.14. The van der Waals surface area contributed by atoms with Crippen LogP contribution in [0.25, 0.3) is 0 Å². The first-order valence-electron chi connectivity index (χ1n) is 10.0. The van der Waals surface area contributed by atoms with Gasteiger partial charge >= 0.3 is 0 Å². The Bertz CT molecular complexity index is 914. The Labute approximate surface area is 200 Å². The summed E-state index contributed by atoms with van der Waals surface area (Å²) in [5, 5.41) is 11.0. The predicted octanol–water partition coefficient (Wildman–Crippen LogP) is 3.69. The van der Waals surface area contributed by atoms with E-state index in [1.807, 2.05) is 41.2 Å². The van der Waals surface area contributed by atoms with Crippen molar-refractivity contribution in [1.29, 1.82) is 0 Å². The maximum Gasteiger partial charge on any atom is 0.191 e. The molecule has 7 nitrogen and oxygen atoms in total. The Hall–Kier alpha value is -2.75. The summed E-state index contributed by atoms with van der Waals surface area (Å²) in [4.78, 5) is 4.31. The molecule has 1 aromatic heterocycles. The quantitative estimate of drug-likeness (QED) is 0.179. The molecule has 0 atom stereocenters. The Morgan fingerprint density at radius 1 is 1.00 bits per heavy atom. The zero-order valence-corrected chi connectivity index (χ0v) is 20.3. The number of benzene rings is 2. The van der Waals surface area contributed by atoms with Crippen molar-refractivity contribution in [1.82, 2.24) is 20.4 Å². The summed E-state index contributed by atoms with van der Waals surface area (Å²) in [5.74, 6) is 2.44. The number of methoxy groups -OCH3 is 1. The van der Waals surface area contributed by atoms with E-state index in [2.05, 4.69) is 45.0 Å². The van der Waals surface area contributed by atoms with E-state index < -0.39 is 0 Å². The average molecular weight is 535 g/mol. The van der Waals surface area contributed by atoms with E-state index in [4.69, 9.17) is 9.47 Å². The van der Waals surface area contributed by atoms with Crippen molar-refractivity contribution in [2.45, 2.75) is 19.5 Å². The minimum absolute atomic E-state index is 0. The van der Waals surface area contributed by atoms with Crippen molar-refractivity contribution in [3.8, 4) is 11.5 Å². The van der Waals surface area contributed by atoms with Crippen molar-refractivity contribution in [3.05, 3.63) is 78.1 Å². The molecule has 3 aromatic rings. The zero-order chi connectivity index (χ0) is 21.0. The smallest absolute Gasteiger partial charge is 0.191 e. The second-order valence-electron chi connectivity index (χ2n) is 6.70. The van der Waals surface area contributed by atoms with Crippen LogP contribution in [0.4, 0.5) is 0 Å². The molecule has 0 unspecified atom stereocenters. The summed E-state index contributed by atoms with van der Waals surface area (Å²) in [7, 11) is 3.43. The molecule has 0 amide bonds. The molecule has 0 fully saturated rings. The molecule has 0 aliphatic carbocycles. The standard InChI is InChI=1S/C23H29N5O2.HI/c1-24-23(25-13-6-16-30-22-11-9-21(29-2)10-12-22)26-17-19-7-3-4-8-20(19)18-28-15-5-14-27-28;/h3-5,7-12,14-15H,6,13,16-18H2,1-2H3,(H2,24,25,26);1H. The fourth-order valence-corrected chi connectivity index (χ4v) is 2.99. The topological polar surface area (TPSA) is 72.7 Å². The molecule has 8 heteroatoms. The van der Waals surface area contributed by atoms with Gasteiger partial charge in [0.1, 0.15) is 11.5 Å². The van der Waals surface area contributed by atoms with Gasteiger partial charge < -0.3 is 20.1 Å². The molecule has 0 bridgehead atoms. The summed E-state index contributed by atoms with van der Waals surface area (Å²) < 4.78 is 12.8. The number of ether oxygens (including phenoxy) is 2. The fourth-order valence-electron chi connectivity index (χ4n) is 2.99. The van der Waals surface area contributed by atoms with E-state index >= 15 is 0 Å². The Morgan fingerprint density at radius 3 is 2.42 bits per heavy atom. The van der Waals surface area contributed by atoms with Gasteiger partial charge in [-0.25, -0.2) is 0 Å². The summed E-state index contributed by atoms with van der Waals surface area (Å²) in [6, 6.07) is 17.9. The van der Waals surface area contributed by atoms with Gasteiger partial charge in [0.2, 0.25) is 0 Å². The monoisotopic (exact) mass is 535 g/mol. The highest BCUT2D eigenvalue weighted by atomic mass is 127. The minimum atomic E-state index is 0. The van der Waals surface area contributed by atoms with Crippen LogP contribution in [0.2, 0.25) is 0 Å². The molecule has 3 rings (SSSR count). The molecule has 0 saturated heterocycles. The van der Waals surface area contributed by atoms with Crippen LogP contribution in [0, 0.1) is 0 Å². The van der Waals surface area contributed by atoms with Crippen LogP contribution in [-0.4, -0.2) is 43.0 Å². The molecule has 31 heavy (non-hydrogen) atoms. The maximum atomic E-state index is 5.75. The highest BCUT2D eigenvalue weighted by Crippen LogP contribution is 2.17. The molecular weight excluding hydrogens is 505 g/mol. The number of hydrogen-bond donors (Lipinski definition) is 2. The largest absolute Gasteiger partial charge is 0.497 e. The molecular formula is C23H30IN5O2. The number of nitrogens with zero attached hydrogens (tertiary/aromatic N) is 3. The molecule has 2 aromatic carbocycles. The summed E-state index contributed by atoms with van der Waals surface area (Å²) in [5.41, 5.74) is 2.45. The molecule has 0 saturated carbocycles. The molecule has 0 spiro atoms. The number of hydrogen-bond acceptors (Lipinski definition) is 4. The first-order chi connectivity index (χ1) is 14.8. The average Bonchev–Trinajstić information content (AvgIpc) is 3.30. The van der Waals surface area contributed by atoms with Gasteiger partial charge in [0.25, 0.3) is 0 Å². The summed E-state index contributed by atoms with van der Waals surface area (Å²) in [6.07, 6.45) is 4.63. The second kappa shape index (κ2) is 13.5. The van der Waals surface area contributed by atoms with Gasteiger partial charge in [0.15, 0.2) is 5.96 Å². The minimum Gasteiger partial charge on any atom is -0.497 e. The van der Waals surface area contributed by atoms with Gasteiger partial charge in [-0.05, 0) is 47.9 Å². The van der Waals surface area contributed by atoms with Gasteiger partial charge in [0.05, 0.1) is 20.3 Å². The van der Waals surface area contributed by atoms with E-state index in [1.54, 1.807) is 20.4 Å². The Morgan fingerprint density at radius 2 is 1.74 bits per heavy atom. The number of rotatable bonds is 10. The molecule has 0 aliphatic heterocycles. The van der Waals surface area contributed by atoms with Gasteiger partial charge in [-0.2, -0.15) is 5.10 Å². The van der Waals surface area contributed by atoms with Gasteiger partial charge in [-0.1, -0.05) is 24.3 Å². The fraction of sp³-hybridized carbons (Fsp3) is 0.304. The third-order valence-electron chi connectivity index (χ3n) is 4.62. The predicted molar refractivity (Wildman–Crippen MR) is 134 cm³/mol. The van der Waals surface area contributed by atoms with E-state index in [0.717, 1.165) is 37.0 Å². The van der Waals surface area contributed by atoms with E-state index in [9.17, 15) is 0 Å². The molecule has 0 aliphatic rings. The third kappa shape index (κ3) is 8.12. The number of aromatic nitrogens is 2. The summed E-state index contributed by atoms with van der Waals surface area (Å²) >= 11 is 0. The third-order valence-corrected chi connectivity index (χ3v) is 4.62. The van der Waals surface area contributed by atoms with Crippen LogP contribution in [0.3, 0.4) is 0 Å². The zero-order valence-electron chi connectivity index (χ0n) is 18.0. The normalized spacial score (nSPS) is 10.8. The van der Waals surface area contributed by atoms with Crippen molar-refractivity contribution >= 4 is 29.9 Å². The van der Waals surface area contributed by atoms with Crippen LogP contribution in [0.15, 0.2) is 72.0 Å². The van der Waals surface area contributed by atoms with Crippen molar-refractivity contribution in [2.75, 3.05) is 27.3 Å². The lowest BCUT2D eigenvalue weighted by molar-refractivity contribution is 0.310. The Balaban J connectivity index is 0.00000341.